The third-order valence-electron chi connectivity index (χ3n) is 6.56. The van der Waals surface area contributed by atoms with Crippen LogP contribution in [0.2, 0.25) is 0 Å². The van der Waals surface area contributed by atoms with Crippen molar-refractivity contribution >= 4 is 40.9 Å². The summed E-state index contributed by atoms with van der Waals surface area (Å²) >= 11 is 1.60. The monoisotopic (exact) mass is 519 g/mol. The molecule has 1 amide bonds. The molecule has 10 heteroatoms. The van der Waals surface area contributed by atoms with E-state index in [1.165, 1.54) is 5.69 Å². The van der Waals surface area contributed by atoms with E-state index in [4.69, 9.17) is 10.1 Å². The smallest absolute Gasteiger partial charge is 0.251 e. The van der Waals surface area contributed by atoms with Crippen LogP contribution in [0.1, 0.15) is 23.7 Å². The molecule has 5 rings (SSSR count). The van der Waals surface area contributed by atoms with Crippen LogP contribution in [-0.2, 0) is 0 Å². The van der Waals surface area contributed by atoms with E-state index in [1.807, 2.05) is 24.4 Å². The summed E-state index contributed by atoms with van der Waals surface area (Å²) in [4.78, 5) is 27.7. The summed E-state index contributed by atoms with van der Waals surface area (Å²) < 4.78 is 2.19. The molecule has 1 saturated heterocycles. The van der Waals surface area contributed by atoms with Crippen molar-refractivity contribution in [3.05, 3.63) is 54.2 Å². The zero-order chi connectivity index (χ0) is 25.8. The number of nitrogens with zero attached hydrogens (tertiary/aromatic N) is 5. The molecule has 0 saturated carbocycles. The van der Waals surface area contributed by atoms with Crippen molar-refractivity contribution < 1.29 is 9.90 Å². The second-order valence-corrected chi connectivity index (χ2v) is 10.3. The average Bonchev–Trinajstić information content (AvgIpc) is 2.93. The molecule has 0 spiro atoms. The number of carbonyl (C=O) groups is 1. The van der Waals surface area contributed by atoms with Crippen LogP contribution in [0.4, 0.5) is 23.0 Å². The van der Waals surface area contributed by atoms with Gasteiger partial charge in [0.25, 0.3) is 5.91 Å². The van der Waals surface area contributed by atoms with Gasteiger partial charge in [-0.15, -0.1) is 0 Å². The fraction of sp³-hybridized carbons (Fsp3) is 0.370. The number of benzene rings is 2. The number of aromatic nitrogens is 2. The molecule has 0 bridgehead atoms. The van der Waals surface area contributed by atoms with Crippen molar-refractivity contribution in [2.24, 2.45) is 0 Å². The number of carbonyl (C=O) groups excluding carboxylic acids is 1. The van der Waals surface area contributed by atoms with Gasteiger partial charge in [-0.05, 0) is 67.9 Å². The molecule has 3 heterocycles. The Balaban J connectivity index is 1.37. The maximum absolute atomic E-state index is 12.5. The van der Waals surface area contributed by atoms with E-state index in [0.717, 1.165) is 66.7 Å². The number of rotatable bonds is 8. The third-order valence-corrected chi connectivity index (χ3v) is 7.66. The van der Waals surface area contributed by atoms with Gasteiger partial charge in [0.2, 0.25) is 5.95 Å². The molecule has 2 aliphatic rings. The van der Waals surface area contributed by atoms with E-state index in [0.29, 0.717) is 11.5 Å². The van der Waals surface area contributed by atoms with Gasteiger partial charge >= 0.3 is 0 Å². The van der Waals surface area contributed by atoms with Gasteiger partial charge in [0, 0.05) is 68.0 Å². The van der Waals surface area contributed by atoms with E-state index in [9.17, 15) is 4.79 Å². The minimum absolute atomic E-state index is 0.0901. The summed E-state index contributed by atoms with van der Waals surface area (Å²) in [6.07, 6.45) is 2.83. The third kappa shape index (κ3) is 5.66. The van der Waals surface area contributed by atoms with Crippen molar-refractivity contribution in [1.82, 2.24) is 20.2 Å². The summed E-state index contributed by atoms with van der Waals surface area (Å²) in [6, 6.07) is 14.1. The first kappa shape index (κ1) is 25.3. The number of nitrogens with one attached hydrogen (secondary N) is 2. The lowest BCUT2D eigenvalue weighted by atomic mass is 10.0. The first-order chi connectivity index (χ1) is 18.1. The molecule has 2 aliphatic heterocycles. The molecule has 0 unspecified atom stereocenters. The summed E-state index contributed by atoms with van der Waals surface area (Å²) in [5.41, 5.74) is 5.50. The van der Waals surface area contributed by atoms with Crippen molar-refractivity contribution in [3.8, 4) is 11.3 Å². The fourth-order valence-corrected chi connectivity index (χ4v) is 5.63. The fourth-order valence-electron chi connectivity index (χ4n) is 4.53. The van der Waals surface area contributed by atoms with Gasteiger partial charge < -0.3 is 29.8 Å². The largest absolute Gasteiger partial charge is 0.395 e. The van der Waals surface area contributed by atoms with E-state index in [-0.39, 0.29) is 19.1 Å². The average molecular weight is 520 g/mol. The van der Waals surface area contributed by atoms with Gasteiger partial charge in [-0.3, -0.25) is 4.79 Å². The predicted molar refractivity (Wildman–Crippen MR) is 150 cm³/mol. The predicted octanol–water partition coefficient (Wildman–Crippen LogP) is 3.60. The molecular weight excluding hydrogens is 486 g/mol. The summed E-state index contributed by atoms with van der Waals surface area (Å²) in [5.74, 6) is 0.334. The molecule has 2 aromatic carbocycles. The Morgan fingerprint density at radius 1 is 1.11 bits per heavy atom. The Morgan fingerprint density at radius 3 is 2.62 bits per heavy atom. The van der Waals surface area contributed by atoms with Crippen molar-refractivity contribution in [1.29, 1.82) is 0 Å². The molecule has 0 radical (unpaired) electrons. The number of anilines is 4. The van der Waals surface area contributed by atoms with Crippen LogP contribution in [0.5, 0.6) is 0 Å². The molecular formula is C27H33N7O2S. The maximum atomic E-state index is 12.5. The molecule has 3 aromatic rings. The minimum atomic E-state index is -0.200. The number of amides is 1. The highest BCUT2D eigenvalue weighted by Crippen LogP contribution is 2.46. The van der Waals surface area contributed by atoms with Gasteiger partial charge in [0.15, 0.2) is 0 Å². The molecule has 3 N–H and O–H groups in total. The van der Waals surface area contributed by atoms with E-state index in [1.54, 1.807) is 11.9 Å². The highest BCUT2D eigenvalue weighted by atomic mass is 32.2. The van der Waals surface area contributed by atoms with Gasteiger partial charge in [0.1, 0.15) is 0 Å². The van der Waals surface area contributed by atoms with Crippen molar-refractivity contribution in [2.45, 2.75) is 18.2 Å². The molecule has 37 heavy (non-hydrogen) atoms. The number of likely N-dealkylation sites (N-methyl/N-ethyl adjacent to an activating group) is 1. The Morgan fingerprint density at radius 2 is 1.89 bits per heavy atom. The van der Waals surface area contributed by atoms with Crippen LogP contribution >= 0.6 is 11.9 Å². The van der Waals surface area contributed by atoms with Crippen LogP contribution in [0.3, 0.4) is 0 Å². The lowest BCUT2D eigenvalue weighted by molar-refractivity contribution is 0.0945. The van der Waals surface area contributed by atoms with Gasteiger partial charge in [-0.1, -0.05) is 6.92 Å². The topological polar surface area (TPSA) is 96.9 Å². The summed E-state index contributed by atoms with van der Waals surface area (Å²) in [6.45, 7) is 7.32. The van der Waals surface area contributed by atoms with E-state index < -0.39 is 0 Å². The SMILES string of the molecule is CCCN1Sc2cnc(Nc3ccc(N4CCN(C)CC4)cc3)nc2-c2ccc(C(=O)NCCO)cc21. The quantitative estimate of drug-likeness (QED) is 0.386. The van der Waals surface area contributed by atoms with Gasteiger partial charge in [0.05, 0.1) is 22.9 Å². The van der Waals surface area contributed by atoms with Crippen molar-refractivity contribution in [3.63, 3.8) is 0 Å². The molecule has 9 nitrogen and oxygen atoms in total. The molecule has 0 atom stereocenters. The number of aliphatic hydroxyl groups excluding tert-OH is 1. The molecule has 0 aliphatic carbocycles. The Labute approximate surface area is 222 Å². The second kappa shape index (κ2) is 11.4. The minimum Gasteiger partial charge on any atom is -0.395 e. The lowest BCUT2D eigenvalue weighted by Crippen LogP contribution is -2.44. The number of hydrogen-bond donors (Lipinski definition) is 3. The van der Waals surface area contributed by atoms with E-state index in [2.05, 4.69) is 68.0 Å². The van der Waals surface area contributed by atoms with Crippen LogP contribution < -0.4 is 19.8 Å². The normalized spacial score (nSPS) is 15.2. The first-order valence-electron chi connectivity index (χ1n) is 12.7. The van der Waals surface area contributed by atoms with Crippen LogP contribution in [-0.4, -0.2) is 78.8 Å². The van der Waals surface area contributed by atoms with Crippen LogP contribution in [0.25, 0.3) is 11.3 Å². The standard InChI is InChI=1S/C27H33N7O2S/c1-3-11-34-23-17-19(26(36)28-10-16-35)4-9-22(23)25-24(37-34)18-29-27(31-25)30-20-5-7-21(8-6-20)33-14-12-32(2)13-15-33/h4-9,17-18,35H,3,10-16H2,1-2H3,(H,28,36)(H,29,30,31). The highest BCUT2D eigenvalue weighted by Gasteiger charge is 2.26. The van der Waals surface area contributed by atoms with E-state index >= 15 is 0 Å². The van der Waals surface area contributed by atoms with Crippen LogP contribution in [0, 0.1) is 0 Å². The Bertz CT molecular complexity index is 1250. The lowest BCUT2D eigenvalue weighted by Gasteiger charge is -2.34. The number of fused-ring (bicyclic) bond motifs is 3. The van der Waals surface area contributed by atoms with Gasteiger partial charge in [-0.2, -0.15) is 0 Å². The zero-order valence-electron chi connectivity index (χ0n) is 21.3. The highest BCUT2D eigenvalue weighted by molar-refractivity contribution is 8.00. The zero-order valence-corrected chi connectivity index (χ0v) is 22.1. The number of piperazine rings is 1. The van der Waals surface area contributed by atoms with Crippen molar-refractivity contribution in [2.75, 3.05) is 67.4 Å². The maximum Gasteiger partial charge on any atom is 0.251 e. The number of hydrogen-bond acceptors (Lipinski definition) is 9. The van der Waals surface area contributed by atoms with Gasteiger partial charge in [-0.25, -0.2) is 9.97 Å². The second-order valence-electron chi connectivity index (χ2n) is 9.27. The summed E-state index contributed by atoms with van der Waals surface area (Å²) in [5, 5.41) is 15.1. The molecule has 1 aromatic heterocycles. The first-order valence-corrected chi connectivity index (χ1v) is 13.5. The number of aliphatic hydroxyl groups is 1. The Hall–Kier alpha value is -3.34. The Kier molecular flexibility index (Phi) is 7.78. The van der Waals surface area contributed by atoms with Crippen LogP contribution in [0.15, 0.2) is 53.6 Å². The molecule has 1 fully saturated rings. The summed E-state index contributed by atoms with van der Waals surface area (Å²) in [7, 11) is 2.16. The molecule has 194 valence electrons.